The van der Waals surface area contributed by atoms with Gasteiger partial charge in [0.2, 0.25) is 0 Å². The number of nitrogens with one attached hydrogen (secondary N) is 1. The lowest BCUT2D eigenvalue weighted by atomic mass is 10.0. The molecule has 2 nitrogen and oxygen atoms in total. The number of nitrogens with zero attached hydrogens (tertiary/aromatic N) is 1. The predicted octanol–water partition coefficient (Wildman–Crippen LogP) is 2.25. The van der Waals surface area contributed by atoms with E-state index in [-0.39, 0.29) is 12.4 Å². The number of fused-ring (bicyclic) bond motifs is 2. The van der Waals surface area contributed by atoms with Gasteiger partial charge in [0.1, 0.15) is 0 Å². The van der Waals surface area contributed by atoms with Crippen LogP contribution in [0.25, 0.3) is 0 Å². The summed E-state index contributed by atoms with van der Waals surface area (Å²) in [5, 5.41) is 3.52. The van der Waals surface area contributed by atoms with Gasteiger partial charge in [-0.2, -0.15) is 0 Å². The van der Waals surface area contributed by atoms with Gasteiger partial charge >= 0.3 is 0 Å². The molecule has 0 amide bonds. The minimum atomic E-state index is 0. The van der Waals surface area contributed by atoms with Crippen molar-refractivity contribution in [2.24, 2.45) is 11.8 Å². The summed E-state index contributed by atoms with van der Waals surface area (Å²) < 4.78 is 0. The Kier molecular flexibility index (Phi) is 3.84. The molecule has 3 aliphatic rings. The molecule has 1 N–H and O–H groups in total. The number of benzene rings is 1. The molecule has 2 aliphatic heterocycles. The number of aryl methyl sites for hydroxylation is 2. The summed E-state index contributed by atoms with van der Waals surface area (Å²) in [5.41, 5.74) is 4.75. The molecule has 2 saturated heterocycles. The summed E-state index contributed by atoms with van der Waals surface area (Å²) in [7, 11) is 0. The highest BCUT2D eigenvalue weighted by atomic mass is 35.5. The lowest BCUT2D eigenvalue weighted by molar-refractivity contribution is 0.305. The average molecular weight is 279 g/mol. The maximum absolute atomic E-state index is 3.52. The maximum atomic E-state index is 3.52. The van der Waals surface area contributed by atoms with Crippen molar-refractivity contribution in [3.63, 3.8) is 0 Å². The molecule has 19 heavy (non-hydrogen) atoms. The monoisotopic (exact) mass is 278 g/mol. The molecule has 2 atom stereocenters. The molecule has 3 heteroatoms. The number of rotatable bonds is 2. The molecule has 0 radical (unpaired) electrons. The van der Waals surface area contributed by atoms with Gasteiger partial charge in [-0.1, -0.05) is 18.2 Å². The Morgan fingerprint density at radius 3 is 2.58 bits per heavy atom. The van der Waals surface area contributed by atoms with Crippen LogP contribution in [0.5, 0.6) is 0 Å². The Morgan fingerprint density at radius 2 is 1.79 bits per heavy atom. The van der Waals surface area contributed by atoms with E-state index in [4.69, 9.17) is 0 Å². The van der Waals surface area contributed by atoms with E-state index < -0.39 is 0 Å². The zero-order chi connectivity index (χ0) is 11.9. The molecule has 1 aliphatic carbocycles. The van der Waals surface area contributed by atoms with Gasteiger partial charge in [-0.25, -0.2) is 0 Å². The molecular formula is C16H23ClN2. The van der Waals surface area contributed by atoms with Crippen molar-refractivity contribution in [2.75, 3.05) is 26.2 Å². The summed E-state index contributed by atoms with van der Waals surface area (Å²) in [5.74, 6) is 1.83. The fraction of sp³-hybridized carbons (Fsp3) is 0.625. The number of likely N-dealkylation sites (tertiary alicyclic amines) is 1. The van der Waals surface area contributed by atoms with Gasteiger partial charge < -0.3 is 5.32 Å². The zero-order valence-corrected chi connectivity index (χ0v) is 12.2. The summed E-state index contributed by atoms with van der Waals surface area (Å²) >= 11 is 0. The van der Waals surface area contributed by atoms with Crippen LogP contribution >= 0.6 is 12.4 Å². The van der Waals surface area contributed by atoms with Crippen molar-refractivity contribution >= 4 is 12.4 Å². The van der Waals surface area contributed by atoms with Crippen LogP contribution in [0.3, 0.4) is 0 Å². The first kappa shape index (κ1) is 13.4. The molecule has 1 aromatic rings. The minimum absolute atomic E-state index is 0. The highest BCUT2D eigenvalue weighted by molar-refractivity contribution is 5.85. The van der Waals surface area contributed by atoms with Gasteiger partial charge in [-0.05, 0) is 60.9 Å². The van der Waals surface area contributed by atoms with Crippen molar-refractivity contribution in [2.45, 2.75) is 25.8 Å². The molecule has 0 spiro atoms. The molecule has 2 heterocycles. The van der Waals surface area contributed by atoms with Gasteiger partial charge in [0, 0.05) is 19.6 Å². The zero-order valence-electron chi connectivity index (χ0n) is 11.4. The number of hydrogen-bond acceptors (Lipinski definition) is 2. The summed E-state index contributed by atoms with van der Waals surface area (Å²) in [4.78, 5) is 2.66. The summed E-state index contributed by atoms with van der Waals surface area (Å²) in [6.45, 7) is 6.25. The van der Waals surface area contributed by atoms with Crippen LogP contribution in [-0.2, 0) is 19.4 Å². The Balaban J connectivity index is 0.00000110. The maximum Gasteiger partial charge on any atom is 0.0234 e. The molecule has 0 aromatic heterocycles. The molecular weight excluding hydrogens is 256 g/mol. The van der Waals surface area contributed by atoms with Crippen molar-refractivity contribution in [3.05, 3.63) is 34.9 Å². The quantitative estimate of drug-likeness (QED) is 0.893. The van der Waals surface area contributed by atoms with Gasteiger partial charge in [0.25, 0.3) is 0 Å². The average Bonchev–Trinajstić information content (AvgIpc) is 3.02. The summed E-state index contributed by atoms with van der Waals surface area (Å²) in [6.07, 6.45) is 3.96. The molecule has 0 bridgehead atoms. The fourth-order valence-electron chi connectivity index (χ4n) is 4.06. The van der Waals surface area contributed by atoms with Crippen LogP contribution in [0.4, 0.5) is 0 Å². The second kappa shape index (κ2) is 5.43. The second-order valence-corrected chi connectivity index (χ2v) is 6.33. The van der Waals surface area contributed by atoms with Crippen LogP contribution < -0.4 is 5.32 Å². The molecule has 4 rings (SSSR count). The van der Waals surface area contributed by atoms with Crippen molar-refractivity contribution < 1.29 is 0 Å². The van der Waals surface area contributed by atoms with Crippen molar-refractivity contribution in [3.8, 4) is 0 Å². The highest BCUT2D eigenvalue weighted by Gasteiger charge is 2.35. The minimum Gasteiger partial charge on any atom is -0.316 e. The molecule has 104 valence electrons. The largest absolute Gasteiger partial charge is 0.316 e. The molecule has 0 unspecified atom stereocenters. The Hall–Kier alpha value is -0.570. The van der Waals surface area contributed by atoms with Crippen LogP contribution in [0, 0.1) is 11.8 Å². The van der Waals surface area contributed by atoms with E-state index in [1.807, 2.05) is 0 Å². The Morgan fingerprint density at radius 1 is 1.05 bits per heavy atom. The van der Waals surface area contributed by atoms with Gasteiger partial charge in [-0.15, -0.1) is 12.4 Å². The van der Waals surface area contributed by atoms with Crippen LogP contribution in [0.15, 0.2) is 18.2 Å². The van der Waals surface area contributed by atoms with E-state index in [9.17, 15) is 0 Å². The van der Waals surface area contributed by atoms with Gasteiger partial charge in [-0.3, -0.25) is 4.90 Å². The third-order valence-corrected chi connectivity index (χ3v) is 5.03. The number of halogens is 1. The number of hydrogen-bond donors (Lipinski definition) is 1. The first-order valence-corrected chi connectivity index (χ1v) is 7.42. The first-order chi connectivity index (χ1) is 8.88. The standard InChI is InChI=1S/C16H22N2.ClH/c1-2-13-5-4-12(6-14(13)3-1)9-18-10-15-7-17-8-16(15)11-18;/h4-6,15-17H,1-3,7-11H2;1H/t15-,16+;. The van der Waals surface area contributed by atoms with E-state index in [0.29, 0.717) is 0 Å². The normalized spacial score (nSPS) is 29.1. The molecule has 2 fully saturated rings. The predicted molar refractivity (Wildman–Crippen MR) is 80.8 cm³/mol. The second-order valence-electron chi connectivity index (χ2n) is 6.33. The highest BCUT2D eigenvalue weighted by Crippen LogP contribution is 2.28. The van der Waals surface area contributed by atoms with E-state index in [1.165, 1.54) is 57.5 Å². The van der Waals surface area contributed by atoms with E-state index in [0.717, 1.165) is 11.8 Å². The summed E-state index contributed by atoms with van der Waals surface area (Å²) in [6, 6.07) is 7.20. The van der Waals surface area contributed by atoms with Gasteiger partial charge in [0.15, 0.2) is 0 Å². The first-order valence-electron chi connectivity index (χ1n) is 7.42. The Bertz CT molecular complexity index is 448. The third-order valence-electron chi connectivity index (χ3n) is 5.03. The molecule has 1 aromatic carbocycles. The smallest absolute Gasteiger partial charge is 0.0234 e. The fourth-order valence-corrected chi connectivity index (χ4v) is 4.06. The lowest BCUT2D eigenvalue weighted by Crippen LogP contribution is -2.25. The van der Waals surface area contributed by atoms with Crippen molar-refractivity contribution in [1.29, 1.82) is 0 Å². The SMILES string of the molecule is Cl.c1cc2c(cc1CN1C[C@H]3CNC[C@H]3C1)CCC2. The van der Waals surface area contributed by atoms with E-state index in [2.05, 4.69) is 28.4 Å². The topological polar surface area (TPSA) is 15.3 Å². The van der Waals surface area contributed by atoms with E-state index >= 15 is 0 Å². The lowest BCUT2D eigenvalue weighted by Gasteiger charge is -2.17. The van der Waals surface area contributed by atoms with Crippen LogP contribution in [0.1, 0.15) is 23.1 Å². The van der Waals surface area contributed by atoms with Crippen molar-refractivity contribution in [1.82, 2.24) is 10.2 Å². The van der Waals surface area contributed by atoms with Crippen LogP contribution in [-0.4, -0.2) is 31.1 Å². The third kappa shape index (κ3) is 2.54. The van der Waals surface area contributed by atoms with E-state index in [1.54, 1.807) is 11.1 Å². The Labute approximate surface area is 122 Å². The van der Waals surface area contributed by atoms with Crippen LogP contribution in [0.2, 0.25) is 0 Å². The van der Waals surface area contributed by atoms with Gasteiger partial charge in [0.05, 0.1) is 0 Å². The molecule has 0 saturated carbocycles.